The molecule has 0 N–H and O–H groups in total. The van der Waals surface area contributed by atoms with Crippen LogP contribution in [-0.4, -0.2) is 41.5 Å². The molecule has 0 aliphatic rings. The summed E-state index contributed by atoms with van der Waals surface area (Å²) in [5.74, 6) is 4.80. The first kappa shape index (κ1) is 24.5. The minimum Gasteiger partial charge on any atom is -0.481 e. The number of hydrogen-bond donors (Lipinski definition) is 0. The first-order chi connectivity index (χ1) is 16.4. The van der Waals surface area contributed by atoms with Crippen molar-refractivity contribution in [3.8, 4) is 17.6 Å². The Morgan fingerprint density at radius 3 is 2.56 bits per heavy atom. The van der Waals surface area contributed by atoms with E-state index in [1.807, 2.05) is 37.3 Å². The summed E-state index contributed by atoms with van der Waals surface area (Å²) >= 11 is 0. The van der Waals surface area contributed by atoms with Crippen LogP contribution in [0.25, 0.3) is 0 Å². The monoisotopic (exact) mass is 460 g/mol. The molecule has 1 aromatic heterocycles. The van der Waals surface area contributed by atoms with Crippen molar-refractivity contribution in [3.05, 3.63) is 95.1 Å². The number of carbonyl (C=O) groups is 2. The highest BCUT2D eigenvalue weighted by molar-refractivity contribution is 5.83. The smallest absolute Gasteiger partial charge is 0.325 e. The Bertz CT molecular complexity index is 1200. The quantitative estimate of drug-likeness (QED) is 0.377. The molecule has 0 fully saturated rings. The van der Waals surface area contributed by atoms with Gasteiger partial charge in [0.1, 0.15) is 12.4 Å². The number of nitrogens with zero attached hydrogens (tertiary/aromatic N) is 2. The maximum absolute atomic E-state index is 13.4. The molecule has 0 radical (unpaired) electrons. The molecule has 3 rings (SSSR count). The van der Waals surface area contributed by atoms with Crippen molar-refractivity contribution in [1.29, 1.82) is 0 Å². The van der Waals surface area contributed by atoms with Crippen LogP contribution in [0.2, 0.25) is 0 Å². The van der Waals surface area contributed by atoms with E-state index in [9.17, 15) is 14.0 Å². The van der Waals surface area contributed by atoms with E-state index in [0.29, 0.717) is 17.0 Å². The number of ether oxygens (including phenoxy) is 2. The number of aromatic nitrogens is 1. The van der Waals surface area contributed by atoms with E-state index in [-0.39, 0.29) is 38.0 Å². The Balaban J connectivity index is 1.75. The molecular formula is C27H25FN2O4. The van der Waals surface area contributed by atoms with Gasteiger partial charge in [0.25, 0.3) is 5.91 Å². The van der Waals surface area contributed by atoms with Gasteiger partial charge in [0.15, 0.2) is 18.1 Å². The van der Waals surface area contributed by atoms with E-state index in [4.69, 9.17) is 9.47 Å². The van der Waals surface area contributed by atoms with Crippen molar-refractivity contribution in [2.75, 3.05) is 19.8 Å². The summed E-state index contributed by atoms with van der Waals surface area (Å²) in [5.41, 5.74) is 2.42. The molecule has 6 nitrogen and oxygen atoms in total. The normalized spacial score (nSPS) is 10.1. The number of carbonyl (C=O) groups excluding carboxylic acids is 2. The van der Waals surface area contributed by atoms with Gasteiger partial charge in [0, 0.05) is 17.8 Å². The summed E-state index contributed by atoms with van der Waals surface area (Å²) in [7, 11) is 0. The average molecular weight is 461 g/mol. The number of pyridine rings is 1. The van der Waals surface area contributed by atoms with Crippen LogP contribution < -0.4 is 4.74 Å². The summed E-state index contributed by atoms with van der Waals surface area (Å²) in [5, 5.41) is 0. The molecule has 0 saturated heterocycles. The Hall–Kier alpha value is -4.18. The molecule has 0 saturated carbocycles. The topological polar surface area (TPSA) is 68.7 Å². The van der Waals surface area contributed by atoms with Crippen LogP contribution in [0, 0.1) is 24.6 Å². The van der Waals surface area contributed by atoms with E-state index in [1.54, 1.807) is 31.2 Å². The largest absolute Gasteiger partial charge is 0.481 e. The highest BCUT2D eigenvalue weighted by Gasteiger charge is 2.19. The van der Waals surface area contributed by atoms with Crippen LogP contribution in [0.3, 0.4) is 0 Å². The molecule has 2 aromatic carbocycles. The Morgan fingerprint density at radius 1 is 1.03 bits per heavy atom. The Labute approximate surface area is 198 Å². The van der Waals surface area contributed by atoms with Gasteiger partial charge in [0.05, 0.1) is 6.61 Å². The van der Waals surface area contributed by atoms with E-state index in [2.05, 4.69) is 16.8 Å². The lowest BCUT2D eigenvalue weighted by molar-refractivity contribution is -0.150. The fraction of sp³-hybridized carbons (Fsp3) is 0.222. The summed E-state index contributed by atoms with van der Waals surface area (Å²) in [6, 6.07) is 18.7. The molecule has 0 bridgehead atoms. The molecule has 3 aromatic rings. The molecule has 0 spiro atoms. The van der Waals surface area contributed by atoms with Crippen LogP contribution in [-0.2, 0) is 20.9 Å². The van der Waals surface area contributed by atoms with Gasteiger partial charge in [0.2, 0.25) is 0 Å². The van der Waals surface area contributed by atoms with Crippen molar-refractivity contribution in [3.63, 3.8) is 0 Å². The van der Waals surface area contributed by atoms with Crippen molar-refractivity contribution in [1.82, 2.24) is 9.88 Å². The zero-order valence-corrected chi connectivity index (χ0v) is 19.1. The van der Waals surface area contributed by atoms with Crippen LogP contribution in [0.5, 0.6) is 5.75 Å². The van der Waals surface area contributed by atoms with Crippen LogP contribution >= 0.6 is 0 Å². The van der Waals surface area contributed by atoms with Crippen LogP contribution in [0.1, 0.15) is 29.4 Å². The molecule has 0 aliphatic heterocycles. The van der Waals surface area contributed by atoms with Crippen LogP contribution in [0.15, 0.2) is 66.7 Å². The van der Waals surface area contributed by atoms with E-state index in [1.165, 1.54) is 17.0 Å². The molecule has 1 heterocycles. The third kappa shape index (κ3) is 7.45. The SMILES string of the molecule is CCOC(=O)CN(Cc1ccccc1)C(=O)COc1ccc(C)nc1C#Cc1cccc(F)c1. The molecule has 34 heavy (non-hydrogen) atoms. The summed E-state index contributed by atoms with van der Waals surface area (Å²) in [4.78, 5) is 30.8. The number of rotatable bonds is 8. The number of halogens is 1. The molecular weight excluding hydrogens is 435 g/mol. The minimum atomic E-state index is -0.495. The first-order valence-electron chi connectivity index (χ1n) is 10.8. The second-order valence-corrected chi connectivity index (χ2v) is 7.39. The van der Waals surface area contributed by atoms with E-state index < -0.39 is 5.97 Å². The Morgan fingerprint density at radius 2 is 1.82 bits per heavy atom. The van der Waals surface area contributed by atoms with Gasteiger partial charge < -0.3 is 14.4 Å². The fourth-order valence-electron chi connectivity index (χ4n) is 3.08. The maximum atomic E-state index is 13.4. The molecule has 0 atom stereocenters. The zero-order valence-electron chi connectivity index (χ0n) is 19.1. The van der Waals surface area contributed by atoms with Gasteiger partial charge in [-0.2, -0.15) is 0 Å². The molecule has 0 aliphatic carbocycles. The number of aryl methyl sites for hydroxylation is 1. The molecule has 7 heteroatoms. The highest BCUT2D eigenvalue weighted by Crippen LogP contribution is 2.17. The molecule has 1 amide bonds. The molecule has 174 valence electrons. The highest BCUT2D eigenvalue weighted by atomic mass is 19.1. The third-order valence-corrected chi connectivity index (χ3v) is 4.69. The predicted octanol–water partition coefficient (Wildman–Crippen LogP) is 3.90. The fourth-order valence-corrected chi connectivity index (χ4v) is 3.08. The third-order valence-electron chi connectivity index (χ3n) is 4.69. The number of hydrogen-bond acceptors (Lipinski definition) is 5. The Kier molecular flexibility index (Phi) is 8.75. The number of esters is 1. The van der Waals surface area contributed by atoms with E-state index >= 15 is 0 Å². The second kappa shape index (κ2) is 12.2. The van der Waals surface area contributed by atoms with Gasteiger partial charge in [-0.15, -0.1) is 0 Å². The molecule has 0 unspecified atom stereocenters. The lowest BCUT2D eigenvalue weighted by atomic mass is 10.2. The predicted molar refractivity (Wildman–Crippen MR) is 125 cm³/mol. The summed E-state index contributed by atoms with van der Waals surface area (Å²) < 4.78 is 24.2. The van der Waals surface area contributed by atoms with Gasteiger partial charge in [-0.05, 0) is 55.7 Å². The van der Waals surface area contributed by atoms with Crippen molar-refractivity contribution < 1.29 is 23.5 Å². The van der Waals surface area contributed by atoms with Crippen LogP contribution in [0.4, 0.5) is 4.39 Å². The summed E-state index contributed by atoms with van der Waals surface area (Å²) in [6.07, 6.45) is 0. The van der Waals surface area contributed by atoms with Gasteiger partial charge in [-0.3, -0.25) is 9.59 Å². The van der Waals surface area contributed by atoms with E-state index in [0.717, 1.165) is 11.3 Å². The minimum absolute atomic E-state index is 0.191. The summed E-state index contributed by atoms with van der Waals surface area (Å²) in [6.45, 7) is 3.48. The maximum Gasteiger partial charge on any atom is 0.325 e. The van der Waals surface area contributed by atoms with Crippen molar-refractivity contribution in [2.45, 2.75) is 20.4 Å². The van der Waals surface area contributed by atoms with Gasteiger partial charge >= 0.3 is 5.97 Å². The van der Waals surface area contributed by atoms with Gasteiger partial charge in [-0.25, -0.2) is 9.37 Å². The average Bonchev–Trinajstić information content (AvgIpc) is 2.82. The van der Waals surface area contributed by atoms with Crippen molar-refractivity contribution in [2.24, 2.45) is 0 Å². The first-order valence-corrected chi connectivity index (χ1v) is 10.8. The zero-order chi connectivity index (χ0) is 24.3. The van der Waals surface area contributed by atoms with Gasteiger partial charge in [-0.1, -0.05) is 42.3 Å². The standard InChI is InChI=1S/C27H25FN2O4/c1-3-33-27(32)18-30(17-22-8-5-4-6-9-22)26(31)19-34-25-15-12-20(2)29-24(25)14-13-21-10-7-11-23(28)16-21/h4-12,15-16H,3,17-19H2,1-2H3. The lowest BCUT2D eigenvalue weighted by Crippen LogP contribution is -2.39. The lowest BCUT2D eigenvalue weighted by Gasteiger charge is -2.22. The number of benzene rings is 2. The van der Waals surface area contributed by atoms with Crippen molar-refractivity contribution >= 4 is 11.9 Å². The number of amides is 1. The second-order valence-electron chi connectivity index (χ2n) is 7.39.